The van der Waals surface area contributed by atoms with E-state index in [4.69, 9.17) is 20.1 Å². The first-order valence-electron chi connectivity index (χ1n) is 20.2. The molecule has 0 saturated heterocycles. The number of aromatic nitrogens is 3. The third-order valence-corrected chi connectivity index (χ3v) is 11.8. The fraction of sp³-hybridized carbons (Fsp3) is 0.222. The average Bonchev–Trinajstić information content (AvgIpc) is 3.28. The lowest BCUT2D eigenvalue weighted by Crippen LogP contribution is -2.21. The van der Waals surface area contributed by atoms with Gasteiger partial charge < -0.3 is 25.5 Å². The van der Waals surface area contributed by atoms with E-state index in [2.05, 4.69) is 63.5 Å². The topological polar surface area (TPSA) is 193 Å². The maximum atomic E-state index is 12.5. The van der Waals surface area contributed by atoms with Crippen LogP contribution in [0, 0.1) is 0 Å². The SMILES string of the molecule is CCN(CC)c1ccc(/N=N/c2cccc3ccccc23)c(Nc2nc(Nc3cc(N(CC)CC)ccc3/N=N/c3c(S(=O)(=O)O)ccc4ccccc34)nc(SCCO)n2)c1. The lowest BCUT2D eigenvalue weighted by molar-refractivity contribution is 0.322. The summed E-state index contributed by atoms with van der Waals surface area (Å²) in [6.45, 7) is 11.3. The van der Waals surface area contributed by atoms with Crippen molar-refractivity contribution >= 4 is 101 Å². The summed E-state index contributed by atoms with van der Waals surface area (Å²) in [5, 5.41) is 38.4. The largest absolute Gasteiger partial charge is 0.396 e. The highest BCUT2D eigenvalue weighted by atomic mass is 32.2. The van der Waals surface area contributed by atoms with Crippen molar-refractivity contribution in [1.29, 1.82) is 0 Å². The number of thioether (sulfide) groups is 1. The molecule has 0 radical (unpaired) electrons. The van der Waals surface area contributed by atoms with Gasteiger partial charge in [0.2, 0.25) is 11.9 Å². The average molecular weight is 870 g/mol. The summed E-state index contributed by atoms with van der Waals surface area (Å²) in [6.07, 6.45) is 0. The molecule has 0 atom stereocenters. The van der Waals surface area contributed by atoms with Crippen molar-refractivity contribution in [3.05, 3.63) is 115 Å². The quantitative estimate of drug-likeness (QED) is 0.0363. The number of nitrogens with one attached hydrogen (secondary N) is 2. The lowest BCUT2D eigenvalue weighted by atomic mass is 10.1. The van der Waals surface area contributed by atoms with Gasteiger partial charge in [0.1, 0.15) is 22.0 Å². The van der Waals surface area contributed by atoms with E-state index in [9.17, 15) is 18.1 Å². The molecule has 0 unspecified atom stereocenters. The van der Waals surface area contributed by atoms with Gasteiger partial charge in [-0.1, -0.05) is 78.5 Å². The number of fused-ring (bicyclic) bond motifs is 2. The van der Waals surface area contributed by atoms with E-state index in [0.29, 0.717) is 39.0 Å². The molecule has 1 heterocycles. The Morgan fingerprint density at radius 1 is 0.597 bits per heavy atom. The summed E-state index contributed by atoms with van der Waals surface area (Å²) in [7, 11) is -4.64. The zero-order valence-electron chi connectivity index (χ0n) is 34.8. The van der Waals surface area contributed by atoms with Crippen LogP contribution in [0.25, 0.3) is 21.5 Å². The van der Waals surface area contributed by atoms with Crippen molar-refractivity contribution < 1.29 is 18.1 Å². The minimum absolute atomic E-state index is 0.000877. The van der Waals surface area contributed by atoms with E-state index < -0.39 is 10.1 Å². The van der Waals surface area contributed by atoms with Crippen molar-refractivity contribution in [2.24, 2.45) is 20.5 Å². The van der Waals surface area contributed by atoms with Gasteiger partial charge >= 0.3 is 0 Å². The maximum Gasteiger partial charge on any atom is 0.296 e. The molecule has 0 aliphatic rings. The van der Waals surface area contributed by atoms with Gasteiger partial charge in [-0.05, 0) is 87.0 Å². The maximum absolute atomic E-state index is 12.5. The van der Waals surface area contributed by atoms with E-state index in [1.807, 2.05) is 84.9 Å². The predicted octanol–water partition coefficient (Wildman–Crippen LogP) is 11.5. The minimum atomic E-state index is -4.64. The number of hydrogen-bond acceptors (Lipinski definition) is 15. The number of benzene rings is 6. The molecule has 0 aliphatic heterocycles. The number of rotatable bonds is 18. The monoisotopic (exact) mass is 869 g/mol. The first-order chi connectivity index (χ1) is 30.1. The van der Waals surface area contributed by atoms with Gasteiger partial charge in [0, 0.05) is 54.1 Å². The van der Waals surface area contributed by atoms with Crippen molar-refractivity contribution in [2.45, 2.75) is 37.7 Å². The first kappa shape index (κ1) is 43.6. The van der Waals surface area contributed by atoms with E-state index in [-0.39, 0.29) is 29.1 Å². The van der Waals surface area contributed by atoms with E-state index >= 15 is 0 Å². The Morgan fingerprint density at radius 3 is 1.68 bits per heavy atom. The van der Waals surface area contributed by atoms with Gasteiger partial charge in [-0.2, -0.15) is 23.4 Å². The Bertz CT molecular complexity index is 2860. The fourth-order valence-electron chi connectivity index (χ4n) is 6.96. The molecule has 0 bridgehead atoms. The normalized spacial score (nSPS) is 11.8. The smallest absolute Gasteiger partial charge is 0.296 e. The van der Waals surface area contributed by atoms with Crippen molar-refractivity contribution in [3.63, 3.8) is 0 Å². The minimum Gasteiger partial charge on any atom is -0.396 e. The van der Waals surface area contributed by atoms with Crippen LogP contribution in [-0.2, 0) is 10.1 Å². The Hall–Kier alpha value is -6.53. The zero-order chi connectivity index (χ0) is 43.6. The van der Waals surface area contributed by atoms with Crippen LogP contribution < -0.4 is 20.4 Å². The van der Waals surface area contributed by atoms with Crippen LogP contribution in [0.2, 0.25) is 0 Å². The molecule has 7 rings (SSSR count). The Labute approximate surface area is 364 Å². The number of nitrogens with zero attached hydrogens (tertiary/aromatic N) is 9. The molecule has 0 aliphatic carbocycles. The Kier molecular flexibility index (Phi) is 14.0. The highest BCUT2D eigenvalue weighted by molar-refractivity contribution is 7.99. The standard InChI is InChI=1S/C45H47N11O4S2/c1-5-55(6-2)32-21-23-37(52-51-36-19-13-16-30-14-9-11-17-34(30)36)39(28-32)46-43-48-44(50-45(49-43)61-27-26-57)47-40-29-33(56(7-3)8-4)22-24-38(40)53-54-42-35-18-12-10-15-31(35)20-25-41(42)62(58,59)60/h9-25,28-29,57H,5-8,26-27H2,1-4H3,(H,58,59,60)(H2,46,47,48,49,50)/b52-51+,54-53+. The van der Waals surface area contributed by atoms with E-state index in [0.717, 1.165) is 59.4 Å². The molecule has 0 saturated carbocycles. The third kappa shape index (κ3) is 10.1. The number of aliphatic hydroxyl groups is 1. The molecule has 4 N–H and O–H groups in total. The molecular weight excluding hydrogens is 823 g/mol. The highest BCUT2D eigenvalue weighted by Crippen LogP contribution is 2.39. The third-order valence-electron chi connectivity index (χ3n) is 10.1. The van der Waals surface area contributed by atoms with Crippen LogP contribution >= 0.6 is 11.8 Å². The van der Waals surface area contributed by atoms with Crippen LogP contribution in [0.1, 0.15) is 27.7 Å². The van der Waals surface area contributed by atoms with Gasteiger partial charge in [-0.15, -0.1) is 20.5 Å². The van der Waals surface area contributed by atoms with Crippen LogP contribution in [-0.4, -0.2) is 71.6 Å². The molecule has 15 nitrogen and oxygen atoms in total. The summed E-state index contributed by atoms with van der Waals surface area (Å²) in [4.78, 5) is 18.2. The van der Waals surface area contributed by atoms with Gasteiger partial charge in [-0.25, -0.2) is 0 Å². The molecule has 318 valence electrons. The number of anilines is 6. The van der Waals surface area contributed by atoms with Crippen LogP contribution in [0.15, 0.2) is 146 Å². The van der Waals surface area contributed by atoms with Crippen LogP contribution in [0.3, 0.4) is 0 Å². The second kappa shape index (κ2) is 19.9. The van der Waals surface area contributed by atoms with Gasteiger partial charge in [-0.3, -0.25) is 4.55 Å². The molecule has 1 aromatic heterocycles. The first-order valence-corrected chi connectivity index (χ1v) is 22.7. The van der Waals surface area contributed by atoms with Gasteiger partial charge in [0.15, 0.2) is 5.16 Å². The van der Waals surface area contributed by atoms with Crippen molar-refractivity contribution in [2.75, 3.05) is 59.0 Å². The second-order valence-corrected chi connectivity index (χ2v) is 16.3. The van der Waals surface area contributed by atoms with Crippen molar-refractivity contribution in [3.8, 4) is 0 Å². The number of hydrogen-bond donors (Lipinski definition) is 4. The van der Waals surface area contributed by atoms with Crippen LogP contribution in [0.5, 0.6) is 0 Å². The zero-order valence-corrected chi connectivity index (χ0v) is 36.4. The number of aliphatic hydroxyl groups excluding tert-OH is 1. The molecule has 0 spiro atoms. The van der Waals surface area contributed by atoms with Gasteiger partial charge in [0.05, 0.1) is 23.7 Å². The molecular formula is C45H47N11O4S2. The molecule has 62 heavy (non-hydrogen) atoms. The van der Waals surface area contributed by atoms with E-state index in [1.165, 1.54) is 17.8 Å². The molecule has 0 fully saturated rings. The highest BCUT2D eigenvalue weighted by Gasteiger charge is 2.20. The lowest BCUT2D eigenvalue weighted by Gasteiger charge is -2.22. The Balaban J connectivity index is 1.31. The van der Waals surface area contributed by atoms with Crippen molar-refractivity contribution in [1.82, 2.24) is 15.0 Å². The fourth-order valence-corrected chi connectivity index (χ4v) is 8.17. The summed E-state index contributed by atoms with van der Waals surface area (Å²) in [5.41, 5.74) is 4.56. The molecule has 17 heteroatoms. The molecule has 6 aromatic carbocycles. The molecule has 7 aromatic rings. The van der Waals surface area contributed by atoms with Crippen LogP contribution in [0.4, 0.5) is 57.4 Å². The summed E-state index contributed by atoms with van der Waals surface area (Å²) in [6, 6.07) is 35.5. The summed E-state index contributed by atoms with van der Waals surface area (Å²) < 4.78 is 35.1. The number of azo groups is 2. The van der Waals surface area contributed by atoms with E-state index in [1.54, 1.807) is 24.3 Å². The molecule has 0 amide bonds. The van der Waals surface area contributed by atoms with Gasteiger partial charge in [0.25, 0.3) is 10.1 Å². The summed E-state index contributed by atoms with van der Waals surface area (Å²) >= 11 is 1.26. The summed E-state index contributed by atoms with van der Waals surface area (Å²) in [5.74, 6) is 0.708. The second-order valence-electron chi connectivity index (χ2n) is 13.8. The predicted molar refractivity (Wildman–Crippen MR) is 250 cm³/mol. The Morgan fingerprint density at radius 2 is 1.11 bits per heavy atom.